The Labute approximate surface area is 95.9 Å². The molecule has 0 aliphatic rings. The van der Waals surface area contributed by atoms with Gasteiger partial charge in [-0.15, -0.1) is 0 Å². The summed E-state index contributed by atoms with van der Waals surface area (Å²) in [6.07, 6.45) is 1.73. The van der Waals surface area contributed by atoms with Crippen molar-refractivity contribution in [3.05, 3.63) is 24.5 Å². The number of fused-ring (bicyclic) bond motifs is 1. The van der Waals surface area contributed by atoms with E-state index in [1.165, 1.54) is 5.69 Å². The van der Waals surface area contributed by atoms with Gasteiger partial charge in [0.2, 0.25) is 0 Å². The summed E-state index contributed by atoms with van der Waals surface area (Å²) in [5, 5.41) is 0. The van der Waals surface area contributed by atoms with E-state index in [9.17, 15) is 0 Å². The van der Waals surface area contributed by atoms with E-state index < -0.39 is 0 Å². The van der Waals surface area contributed by atoms with Gasteiger partial charge in [0.15, 0.2) is 0 Å². The van der Waals surface area contributed by atoms with Crippen LogP contribution in [0.5, 0.6) is 0 Å². The van der Waals surface area contributed by atoms with Gasteiger partial charge in [0.25, 0.3) is 0 Å². The molecule has 0 spiro atoms. The van der Waals surface area contributed by atoms with Gasteiger partial charge in [-0.2, -0.15) is 0 Å². The van der Waals surface area contributed by atoms with Crippen LogP contribution in [0.3, 0.4) is 0 Å². The van der Waals surface area contributed by atoms with Gasteiger partial charge >= 0.3 is 0 Å². The van der Waals surface area contributed by atoms with Crippen molar-refractivity contribution in [2.75, 3.05) is 39.1 Å². The summed E-state index contributed by atoms with van der Waals surface area (Å²) in [5.74, 6) is 0. The van der Waals surface area contributed by atoms with Crippen molar-refractivity contribution in [1.29, 1.82) is 0 Å². The number of H-pyrrole nitrogens is 1. The first-order valence-corrected chi connectivity index (χ1v) is 5.46. The fourth-order valence-electron chi connectivity index (χ4n) is 1.64. The molecular formula is C12H18N4. The summed E-state index contributed by atoms with van der Waals surface area (Å²) in [5.41, 5.74) is 3.33. The minimum absolute atomic E-state index is 1.02. The number of imidazole rings is 1. The van der Waals surface area contributed by atoms with E-state index in [0.717, 1.165) is 24.1 Å². The van der Waals surface area contributed by atoms with Crippen LogP contribution in [0.25, 0.3) is 11.0 Å². The van der Waals surface area contributed by atoms with Crippen LogP contribution >= 0.6 is 0 Å². The lowest BCUT2D eigenvalue weighted by atomic mass is 10.2. The number of hydrogen-bond donors (Lipinski definition) is 1. The largest absolute Gasteiger partial charge is 0.373 e. The highest BCUT2D eigenvalue weighted by Crippen LogP contribution is 2.18. The number of nitrogens with one attached hydrogen (secondary N) is 1. The maximum atomic E-state index is 4.21. The molecule has 4 nitrogen and oxygen atoms in total. The van der Waals surface area contributed by atoms with Crippen LogP contribution in [0.15, 0.2) is 24.5 Å². The summed E-state index contributed by atoms with van der Waals surface area (Å²) in [6, 6.07) is 6.30. The van der Waals surface area contributed by atoms with Gasteiger partial charge in [0, 0.05) is 25.8 Å². The molecule has 1 aromatic carbocycles. The van der Waals surface area contributed by atoms with E-state index in [-0.39, 0.29) is 0 Å². The van der Waals surface area contributed by atoms with E-state index in [1.54, 1.807) is 6.33 Å². The van der Waals surface area contributed by atoms with Gasteiger partial charge in [0.05, 0.1) is 17.4 Å². The van der Waals surface area contributed by atoms with E-state index in [1.807, 2.05) is 6.07 Å². The van der Waals surface area contributed by atoms with Gasteiger partial charge in [-0.05, 0) is 32.3 Å². The molecule has 1 N–H and O–H groups in total. The molecule has 0 atom stereocenters. The van der Waals surface area contributed by atoms with Crippen molar-refractivity contribution in [1.82, 2.24) is 14.9 Å². The highest BCUT2D eigenvalue weighted by molar-refractivity contribution is 5.78. The first kappa shape index (κ1) is 11.0. The maximum absolute atomic E-state index is 4.21. The highest BCUT2D eigenvalue weighted by Gasteiger charge is 2.03. The van der Waals surface area contributed by atoms with Crippen LogP contribution in [-0.2, 0) is 0 Å². The van der Waals surface area contributed by atoms with E-state index in [4.69, 9.17) is 0 Å². The second-order valence-corrected chi connectivity index (χ2v) is 4.33. The molecule has 16 heavy (non-hydrogen) atoms. The first-order valence-electron chi connectivity index (χ1n) is 5.46. The first-order chi connectivity index (χ1) is 7.66. The average molecular weight is 218 g/mol. The monoisotopic (exact) mass is 218 g/mol. The minimum atomic E-state index is 1.02. The fourth-order valence-corrected chi connectivity index (χ4v) is 1.64. The number of likely N-dealkylation sites (N-methyl/N-ethyl adjacent to an activating group) is 2. The molecule has 1 heterocycles. The van der Waals surface area contributed by atoms with Crippen LogP contribution in [0.4, 0.5) is 5.69 Å². The summed E-state index contributed by atoms with van der Waals surface area (Å²) in [4.78, 5) is 11.8. The number of hydrogen-bond acceptors (Lipinski definition) is 3. The molecule has 86 valence electrons. The van der Waals surface area contributed by atoms with Gasteiger partial charge in [-0.25, -0.2) is 4.98 Å². The van der Waals surface area contributed by atoms with Crippen molar-refractivity contribution in [3.8, 4) is 0 Å². The number of benzene rings is 1. The Hall–Kier alpha value is -1.55. The number of anilines is 1. The van der Waals surface area contributed by atoms with Crippen molar-refractivity contribution in [2.45, 2.75) is 0 Å². The van der Waals surface area contributed by atoms with Crippen LogP contribution in [0, 0.1) is 0 Å². The zero-order chi connectivity index (χ0) is 11.5. The Kier molecular flexibility index (Phi) is 3.10. The normalized spacial score (nSPS) is 11.2. The standard InChI is InChI=1S/C12H18N4/c1-15(2)6-7-16(3)10-4-5-11-12(8-10)14-9-13-11/h4-5,8-9H,6-7H2,1-3H3,(H,13,14). The smallest absolute Gasteiger partial charge is 0.0931 e. The maximum Gasteiger partial charge on any atom is 0.0931 e. The zero-order valence-corrected chi connectivity index (χ0v) is 10.1. The second-order valence-electron chi connectivity index (χ2n) is 4.33. The SMILES string of the molecule is CN(C)CCN(C)c1ccc2nc[nH]c2c1. The molecule has 4 heteroatoms. The van der Waals surface area contributed by atoms with Crippen LogP contribution < -0.4 is 4.90 Å². The molecular weight excluding hydrogens is 200 g/mol. The Morgan fingerprint density at radius 1 is 1.19 bits per heavy atom. The third kappa shape index (κ3) is 2.33. The van der Waals surface area contributed by atoms with Crippen molar-refractivity contribution < 1.29 is 0 Å². The lowest BCUT2D eigenvalue weighted by Crippen LogP contribution is -2.28. The van der Waals surface area contributed by atoms with Gasteiger partial charge in [0.1, 0.15) is 0 Å². The molecule has 0 saturated heterocycles. The molecule has 2 rings (SSSR count). The summed E-state index contributed by atoms with van der Waals surface area (Å²) < 4.78 is 0. The second kappa shape index (κ2) is 4.53. The zero-order valence-electron chi connectivity index (χ0n) is 10.1. The van der Waals surface area contributed by atoms with Crippen LogP contribution in [0.2, 0.25) is 0 Å². The Bertz CT molecular complexity index is 461. The van der Waals surface area contributed by atoms with Gasteiger partial charge in [-0.3, -0.25) is 0 Å². The van der Waals surface area contributed by atoms with E-state index in [2.05, 4.69) is 53.0 Å². The Morgan fingerprint density at radius 2 is 2.00 bits per heavy atom. The highest BCUT2D eigenvalue weighted by atomic mass is 15.2. The predicted octanol–water partition coefficient (Wildman–Crippen LogP) is 1.56. The fraction of sp³-hybridized carbons (Fsp3) is 0.417. The summed E-state index contributed by atoms with van der Waals surface area (Å²) >= 11 is 0. The number of aromatic amines is 1. The third-order valence-electron chi connectivity index (χ3n) is 2.73. The summed E-state index contributed by atoms with van der Waals surface area (Å²) in [7, 11) is 6.29. The predicted molar refractivity (Wildman–Crippen MR) is 67.9 cm³/mol. The molecule has 0 aliphatic carbocycles. The topological polar surface area (TPSA) is 35.2 Å². The van der Waals surface area contributed by atoms with Gasteiger partial charge in [-0.1, -0.05) is 0 Å². The van der Waals surface area contributed by atoms with Crippen molar-refractivity contribution in [3.63, 3.8) is 0 Å². The molecule has 1 aromatic heterocycles. The molecule has 0 fully saturated rings. The number of rotatable bonds is 4. The van der Waals surface area contributed by atoms with E-state index >= 15 is 0 Å². The lowest BCUT2D eigenvalue weighted by Gasteiger charge is -2.21. The molecule has 0 radical (unpaired) electrons. The lowest BCUT2D eigenvalue weighted by molar-refractivity contribution is 0.416. The Morgan fingerprint density at radius 3 is 2.75 bits per heavy atom. The molecule has 0 aliphatic heterocycles. The van der Waals surface area contributed by atoms with E-state index in [0.29, 0.717) is 0 Å². The Balaban J connectivity index is 2.12. The number of aromatic nitrogens is 2. The average Bonchev–Trinajstić information content (AvgIpc) is 2.72. The quantitative estimate of drug-likeness (QED) is 0.846. The van der Waals surface area contributed by atoms with Crippen molar-refractivity contribution >= 4 is 16.7 Å². The van der Waals surface area contributed by atoms with Gasteiger partial charge < -0.3 is 14.8 Å². The third-order valence-corrected chi connectivity index (χ3v) is 2.73. The number of nitrogens with zero attached hydrogens (tertiary/aromatic N) is 3. The van der Waals surface area contributed by atoms with Crippen LogP contribution in [-0.4, -0.2) is 49.1 Å². The van der Waals surface area contributed by atoms with Crippen LogP contribution in [0.1, 0.15) is 0 Å². The minimum Gasteiger partial charge on any atom is -0.373 e. The summed E-state index contributed by atoms with van der Waals surface area (Å²) in [6.45, 7) is 2.07. The van der Waals surface area contributed by atoms with Crippen molar-refractivity contribution in [2.24, 2.45) is 0 Å². The molecule has 0 unspecified atom stereocenters. The molecule has 0 saturated carbocycles. The molecule has 0 amide bonds. The molecule has 2 aromatic rings. The molecule has 0 bridgehead atoms.